The molecule has 20 heavy (non-hydrogen) atoms. The highest BCUT2D eigenvalue weighted by molar-refractivity contribution is 5.72. The van der Waals surface area contributed by atoms with Gasteiger partial charge in [0.1, 0.15) is 0 Å². The quantitative estimate of drug-likeness (QED) is 0.546. The Morgan fingerprint density at radius 2 is 1.95 bits per heavy atom. The molecule has 0 amide bonds. The van der Waals surface area contributed by atoms with Crippen molar-refractivity contribution in [2.24, 2.45) is 5.92 Å². The molecule has 0 aromatic heterocycles. The monoisotopic (exact) mass is 272 g/mol. The molecule has 0 saturated carbocycles. The van der Waals surface area contributed by atoms with Crippen LogP contribution in [0, 0.1) is 5.92 Å². The number of rotatable bonds is 7. The topological polar surface area (TPSA) is 26.3 Å². The van der Waals surface area contributed by atoms with E-state index < -0.39 is 0 Å². The first-order chi connectivity index (χ1) is 9.58. The van der Waals surface area contributed by atoms with E-state index in [0.29, 0.717) is 18.9 Å². The minimum absolute atomic E-state index is 0.156. The molecule has 2 heteroatoms. The molecule has 2 nitrogen and oxygen atoms in total. The van der Waals surface area contributed by atoms with Crippen LogP contribution in [0.5, 0.6) is 0 Å². The predicted octanol–water partition coefficient (Wildman–Crippen LogP) is 4.32. The summed E-state index contributed by atoms with van der Waals surface area (Å²) in [7, 11) is 0. The number of benzene rings is 1. The summed E-state index contributed by atoms with van der Waals surface area (Å²) >= 11 is 0. The summed E-state index contributed by atoms with van der Waals surface area (Å²) in [5.41, 5.74) is 2.27. The van der Waals surface area contributed by atoms with Gasteiger partial charge >= 0.3 is 5.97 Å². The van der Waals surface area contributed by atoms with Crippen molar-refractivity contribution >= 4 is 5.97 Å². The van der Waals surface area contributed by atoms with Crippen LogP contribution >= 0.6 is 0 Å². The summed E-state index contributed by atoms with van der Waals surface area (Å²) in [6, 6.07) is 9.67. The molecule has 108 valence electrons. The van der Waals surface area contributed by atoms with Gasteiger partial charge in [-0.3, -0.25) is 4.79 Å². The average Bonchev–Trinajstić information content (AvgIpc) is 2.42. The van der Waals surface area contributed by atoms with E-state index in [2.05, 4.69) is 39.0 Å². The summed E-state index contributed by atoms with van der Waals surface area (Å²) in [6.45, 7) is 6.70. The molecule has 0 heterocycles. The number of hydrogen-bond acceptors (Lipinski definition) is 2. The Labute approximate surface area is 122 Å². The zero-order valence-corrected chi connectivity index (χ0v) is 12.6. The molecule has 0 fully saturated rings. The van der Waals surface area contributed by atoms with Crippen LogP contribution in [0.2, 0.25) is 0 Å². The first-order valence-corrected chi connectivity index (χ1v) is 7.07. The highest BCUT2D eigenvalue weighted by Gasteiger charge is 2.07. The van der Waals surface area contributed by atoms with Gasteiger partial charge in [0.15, 0.2) is 0 Å². The third-order valence-electron chi connectivity index (χ3n) is 2.82. The van der Waals surface area contributed by atoms with Crippen molar-refractivity contribution in [3.05, 3.63) is 59.7 Å². The lowest BCUT2D eigenvalue weighted by atomic mass is 10.1. The molecule has 0 saturated heterocycles. The molecule has 1 aromatic rings. The van der Waals surface area contributed by atoms with Crippen molar-refractivity contribution in [2.45, 2.75) is 33.6 Å². The first kappa shape index (κ1) is 16.2. The van der Waals surface area contributed by atoms with Gasteiger partial charge in [0, 0.05) is 0 Å². The maximum absolute atomic E-state index is 11.7. The van der Waals surface area contributed by atoms with Crippen molar-refractivity contribution in [1.82, 2.24) is 0 Å². The number of carbonyl (C=O) groups is 1. The Balaban J connectivity index is 2.23. The lowest BCUT2D eigenvalue weighted by Crippen LogP contribution is -2.13. The Hall–Kier alpha value is -1.83. The number of carbonyl (C=O) groups excluding carboxylic acids is 1. The molecule has 0 aliphatic rings. The smallest absolute Gasteiger partial charge is 0.310 e. The highest BCUT2D eigenvalue weighted by Crippen LogP contribution is 2.06. The lowest BCUT2D eigenvalue weighted by Gasteiger charge is -2.10. The summed E-state index contributed by atoms with van der Waals surface area (Å²) in [5.74, 6) is 0.188. The van der Waals surface area contributed by atoms with Crippen LogP contribution in [0.1, 0.15) is 32.8 Å². The molecule has 1 rings (SSSR count). The van der Waals surface area contributed by atoms with Crippen LogP contribution in [0.3, 0.4) is 0 Å². The molecule has 1 atom stereocenters. The van der Waals surface area contributed by atoms with Crippen LogP contribution in [-0.2, 0) is 16.0 Å². The number of ether oxygens (including phenoxy) is 1. The maximum atomic E-state index is 11.7. The number of allylic oxidation sites excluding steroid dienone is 4. The zero-order valence-electron chi connectivity index (χ0n) is 12.6. The number of hydrogen-bond donors (Lipinski definition) is 0. The van der Waals surface area contributed by atoms with Crippen LogP contribution in [-0.4, -0.2) is 12.6 Å². The summed E-state index contributed by atoms with van der Waals surface area (Å²) in [5, 5.41) is 0. The van der Waals surface area contributed by atoms with Crippen molar-refractivity contribution in [3.63, 3.8) is 0 Å². The molecule has 0 aliphatic carbocycles. The van der Waals surface area contributed by atoms with E-state index in [-0.39, 0.29) is 5.97 Å². The zero-order chi connectivity index (χ0) is 14.8. The predicted molar refractivity (Wildman–Crippen MR) is 83.5 cm³/mol. The normalized spacial score (nSPS) is 12.2. The standard InChI is InChI=1S/C18H24O2/c1-15(2)9-7-8-10-16(3)14-20-18(19)13-17-11-5-4-6-12-17/h4-9,11-12,16H,10,13-14H2,1-3H3/b8-7+. The summed E-state index contributed by atoms with van der Waals surface area (Å²) in [4.78, 5) is 11.7. The minimum atomic E-state index is -0.156. The molecule has 1 unspecified atom stereocenters. The third kappa shape index (κ3) is 7.57. The van der Waals surface area contributed by atoms with Gasteiger partial charge in [-0.05, 0) is 31.7 Å². The van der Waals surface area contributed by atoms with Crippen molar-refractivity contribution < 1.29 is 9.53 Å². The molecule has 0 aliphatic heterocycles. The van der Waals surface area contributed by atoms with E-state index in [1.165, 1.54) is 5.57 Å². The summed E-state index contributed by atoms with van der Waals surface area (Å²) in [6.07, 6.45) is 7.51. The molecule has 0 N–H and O–H groups in total. The SMILES string of the molecule is CC(C)=C/C=C/CC(C)COC(=O)Cc1ccccc1. The van der Waals surface area contributed by atoms with E-state index in [1.807, 2.05) is 30.3 Å². The highest BCUT2D eigenvalue weighted by atomic mass is 16.5. The molecule has 0 bridgehead atoms. The van der Waals surface area contributed by atoms with Gasteiger partial charge < -0.3 is 4.74 Å². The van der Waals surface area contributed by atoms with Gasteiger partial charge in [-0.1, -0.05) is 61.1 Å². The Morgan fingerprint density at radius 1 is 1.25 bits per heavy atom. The first-order valence-electron chi connectivity index (χ1n) is 7.07. The van der Waals surface area contributed by atoms with Gasteiger partial charge in [0.2, 0.25) is 0 Å². The fraction of sp³-hybridized carbons (Fsp3) is 0.389. The van der Waals surface area contributed by atoms with Crippen LogP contribution in [0.25, 0.3) is 0 Å². The van der Waals surface area contributed by atoms with E-state index in [1.54, 1.807) is 0 Å². The Morgan fingerprint density at radius 3 is 2.60 bits per heavy atom. The average molecular weight is 272 g/mol. The number of esters is 1. The minimum Gasteiger partial charge on any atom is -0.465 e. The lowest BCUT2D eigenvalue weighted by molar-refractivity contribution is -0.144. The van der Waals surface area contributed by atoms with Crippen LogP contribution in [0.4, 0.5) is 0 Å². The van der Waals surface area contributed by atoms with Gasteiger partial charge in [-0.2, -0.15) is 0 Å². The second-order valence-corrected chi connectivity index (χ2v) is 5.36. The Bertz CT molecular complexity index is 454. The van der Waals surface area contributed by atoms with Gasteiger partial charge in [-0.15, -0.1) is 0 Å². The molecule has 0 radical (unpaired) electrons. The maximum Gasteiger partial charge on any atom is 0.310 e. The van der Waals surface area contributed by atoms with Gasteiger partial charge in [0.25, 0.3) is 0 Å². The largest absolute Gasteiger partial charge is 0.465 e. The molecular formula is C18H24O2. The second-order valence-electron chi connectivity index (χ2n) is 5.36. The fourth-order valence-corrected chi connectivity index (χ4v) is 1.69. The summed E-state index contributed by atoms with van der Waals surface area (Å²) < 4.78 is 5.30. The van der Waals surface area contributed by atoms with E-state index in [4.69, 9.17) is 4.74 Å². The van der Waals surface area contributed by atoms with Crippen LogP contribution in [0.15, 0.2) is 54.1 Å². The van der Waals surface area contributed by atoms with E-state index in [0.717, 1.165) is 12.0 Å². The molecule has 1 aromatic carbocycles. The van der Waals surface area contributed by atoms with Crippen molar-refractivity contribution in [2.75, 3.05) is 6.61 Å². The molecular weight excluding hydrogens is 248 g/mol. The third-order valence-corrected chi connectivity index (χ3v) is 2.82. The van der Waals surface area contributed by atoms with Crippen molar-refractivity contribution in [3.8, 4) is 0 Å². The van der Waals surface area contributed by atoms with E-state index in [9.17, 15) is 4.79 Å². The van der Waals surface area contributed by atoms with Gasteiger partial charge in [0.05, 0.1) is 13.0 Å². The van der Waals surface area contributed by atoms with E-state index >= 15 is 0 Å². The Kier molecular flexibility index (Phi) is 7.41. The van der Waals surface area contributed by atoms with Crippen molar-refractivity contribution in [1.29, 1.82) is 0 Å². The van der Waals surface area contributed by atoms with Crippen LogP contribution < -0.4 is 0 Å². The molecule has 0 spiro atoms. The fourth-order valence-electron chi connectivity index (χ4n) is 1.69. The van der Waals surface area contributed by atoms with Gasteiger partial charge in [-0.25, -0.2) is 0 Å². The second kappa shape index (κ2) is 9.13.